The molecule has 8 heteroatoms. The second-order valence-electron chi connectivity index (χ2n) is 8.55. The van der Waals surface area contributed by atoms with Crippen molar-refractivity contribution < 1.29 is 19.1 Å². The summed E-state index contributed by atoms with van der Waals surface area (Å²) < 4.78 is 14.1. The average Bonchev–Trinajstić information content (AvgIpc) is 3.56. The Morgan fingerprint density at radius 3 is 1.61 bits per heavy atom. The van der Waals surface area contributed by atoms with E-state index in [2.05, 4.69) is 6.07 Å². The molecule has 0 fully saturated rings. The number of esters is 2. The number of nitrogens with zero attached hydrogens (tertiary/aromatic N) is 4. The van der Waals surface area contributed by atoms with Crippen LogP contribution in [0, 0.1) is 22.7 Å². The Hall–Kier alpha value is -4.82. The first-order valence-electron chi connectivity index (χ1n) is 12.4. The lowest BCUT2D eigenvalue weighted by Gasteiger charge is -2.11. The second-order valence-corrected chi connectivity index (χ2v) is 8.55. The topological polar surface area (TPSA) is 110 Å². The number of nitriles is 2. The normalized spacial score (nSPS) is 11.5. The molecule has 2 aromatic heterocycles. The highest BCUT2D eigenvalue weighted by Gasteiger charge is 2.13. The minimum Gasteiger partial charge on any atom is -0.462 e. The van der Waals surface area contributed by atoms with Crippen LogP contribution in [-0.2, 0) is 32.2 Å². The molecule has 0 N–H and O–H groups in total. The van der Waals surface area contributed by atoms with E-state index >= 15 is 0 Å². The molecule has 8 nitrogen and oxygen atoms in total. The van der Waals surface area contributed by atoms with Crippen molar-refractivity contribution in [2.45, 2.75) is 39.8 Å². The quantitative estimate of drug-likeness (QED) is 0.190. The molecule has 2 heterocycles. The molecule has 0 aliphatic rings. The van der Waals surface area contributed by atoms with Crippen molar-refractivity contribution in [1.82, 2.24) is 9.13 Å². The van der Waals surface area contributed by atoms with Crippen molar-refractivity contribution in [3.63, 3.8) is 0 Å². The van der Waals surface area contributed by atoms with E-state index in [1.54, 1.807) is 12.2 Å². The summed E-state index contributed by atoms with van der Waals surface area (Å²) in [5, 5.41) is 18.8. The molecule has 0 bridgehead atoms. The zero-order valence-corrected chi connectivity index (χ0v) is 21.6. The zero-order chi connectivity index (χ0) is 27.3. The molecule has 0 saturated carbocycles. The summed E-state index contributed by atoms with van der Waals surface area (Å²) in [5.41, 5.74) is 3.41. The van der Waals surface area contributed by atoms with Crippen LogP contribution in [0.5, 0.6) is 0 Å². The van der Waals surface area contributed by atoms with Gasteiger partial charge >= 0.3 is 11.9 Å². The first-order chi connectivity index (χ1) is 18.5. The Labute approximate surface area is 222 Å². The molecular formula is C30H30N4O4. The monoisotopic (exact) mass is 510 g/mol. The lowest BCUT2D eigenvalue weighted by Crippen LogP contribution is -2.09. The molecule has 38 heavy (non-hydrogen) atoms. The molecule has 0 aliphatic carbocycles. The zero-order valence-electron chi connectivity index (χ0n) is 21.6. The number of carbonyl (C=O) groups is 2. The van der Waals surface area contributed by atoms with Gasteiger partial charge < -0.3 is 18.6 Å². The van der Waals surface area contributed by atoms with Crippen LogP contribution in [0.25, 0.3) is 12.2 Å². The predicted octanol–water partition coefficient (Wildman–Crippen LogP) is 5.11. The van der Waals surface area contributed by atoms with Crippen molar-refractivity contribution in [3.05, 3.63) is 94.6 Å². The smallest absolute Gasteiger partial charge is 0.348 e. The first-order valence-corrected chi connectivity index (χ1v) is 12.4. The van der Waals surface area contributed by atoms with Gasteiger partial charge in [0.25, 0.3) is 0 Å². The minimum atomic E-state index is -0.626. The number of aromatic nitrogens is 2. The van der Waals surface area contributed by atoms with Crippen LogP contribution in [0.2, 0.25) is 0 Å². The van der Waals surface area contributed by atoms with E-state index in [4.69, 9.17) is 9.47 Å². The van der Waals surface area contributed by atoms with Crippen molar-refractivity contribution in [2.75, 3.05) is 13.2 Å². The van der Waals surface area contributed by atoms with E-state index in [1.807, 2.05) is 90.0 Å². The van der Waals surface area contributed by atoms with Gasteiger partial charge in [-0.05, 0) is 60.4 Å². The molecule has 0 aliphatic heterocycles. The molecule has 0 spiro atoms. The third-order valence-corrected chi connectivity index (χ3v) is 5.57. The van der Waals surface area contributed by atoms with Gasteiger partial charge in [0.15, 0.2) is 0 Å². The van der Waals surface area contributed by atoms with Gasteiger partial charge in [0.1, 0.15) is 23.3 Å². The Kier molecular flexibility index (Phi) is 10.3. The molecule has 0 atom stereocenters. The van der Waals surface area contributed by atoms with Crippen LogP contribution in [0.1, 0.15) is 49.2 Å². The van der Waals surface area contributed by atoms with Crippen LogP contribution in [0.4, 0.5) is 0 Å². The Morgan fingerprint density at radius 1 is 0.763 bits per heavy atom. The Balaban J connectivity index is 1.77. The van der Waals surface area contributed by atoms with E-state index in [1.165, 1.54) is 0 Å². The Morgan fingerprint density at radius 2 is 1.21 bits per heavy atom. The number of carbonyl (C=O) groups excluding carboxylic acids is 2. The average molecular weight is 511 g/mol. The van der Waals surface area contributed by atoms with Gasteiger partial charge in [0, 0.05) is 36.9 Å². The van der Waals surface area contributed by atoms with Gasteiger partial charge in [-0.1, -0.05) is 38.1 Å². The van der Waals surface area contributed by atoms with Crippen LogP contribution in [0.15, 0.2) is 72.1 Å². The summed E-state index contributed by atoms with van der Waals surface area (Å²) in [7, 11) is 0. The summed E-state index contributed by atoms with van der Waals surface area (Å²) in [6.45, 7) is 5.40. The van der Waals surface area contributed by atoms with E-state index < -0.39 is 11.9 Å². The standard InChI is InChI=1S/C30H30N4O4/c1-3-14-37-29(35)25(19-31)17-27-10-6-12-33(27)21-23-8-5-9-24(16-23)22-34-13-7-11-28(34)18-26(20-32)30(36)38-15-4-2/h5-13,16-18H,3-4,14-15,21-22H2,1-2H3/b25-17+,26-18+. The van der Waals surface area contributed by atoms with Crippen LogP contribution < -0.4 is 0 Å². The predicted molar refractivity (Wildman–Crippen MR) is 143 cm³/mol. The molecule has 194 valence electrons. The molecule has 0 unspecified atom stereocenters. The number of rotatable bonds is 12. The van der Waals surface area contributed by atoms with Crippen molar-refractivity contribution in [1.29, 1.82) is 10.5 Å². The number of hydrogen-bond donors (Lipinski definition) is 0. The fourth-order valence-corrected chi connectivity index (χ4v) is 3.74. The fraction of sp³-hybridized carbons (Fsp3) is 0.267. The third kappa shape index (κ3) is 7.59. The van der Waals surface area contributed by atoms with E-state index in [9.17, 15) is 20.1 Å². The van der Waals surface area contributed by atoms with Crippen molar-refractivity contribution in [3.8, 4) is 12.1 Å². The second kappa shape index (κ2) is 14.1. The maximum absolute atomic E-state index is 12.2. The molecule has 1 aromatic carbocycles. The minimum absolute atomic E-state index is 0.0457. The number of ether oxygens (including phenoxy) is 2. The largest absolute Gasteiger partial charge is 0.462 e. The molecule has 0 amide bonds. The molecular weight excluding hydrogens is 480 g/mol. The number of benzene rings is 1. The summed E-state index contributed by atoms with van der Waals surface area (Å²) in [4.78, 5) is 24.3. The maximum Gasteiger partial charge on any atom is 0.348 e. The van der Waals surface area contributed by atoms with Crippen molar-refractivity contribution >= 4 is 24.1 Å². The summed E-state index contributed by atoms with van der Waals surface area (Å²) in [5.74, 6) is -1.25. The fourth-order valence-electron chi connectivity index (χ4n) is 3.74. The summed E-state index contributed by atoms with van der Waals surface area (Å²) in [6, 6.07) is 19.3. The van der Waals surface area contributed by atoms with Gasteiger partial charge in [-0.2, -0.15) is 10.5 Å². The number of hydrogen-bond acceptors (Lipinski definition) is 6. The highest BCUT2D eigenvalue weighted by Crippen LogP contribution is 2.16. The Bertz CT molecular complexity index is 1310. The summed E-state index contributed by atoms with van der Waals surface area (Å²) >= 11 is 0. The lowest BCUT2D eigenvalue weighted by atomic mass is 10.1. The van der Waals surface area contributed by atoms with E-state index in [-0.39, 0.29) is 24.4 Å². The third-order valence-electron chi connectivity index (χ3n) is 5.57. The molecule has 0 radical (unpaired) electrons. The highest BCUT2D eigenvalue weighted by molar-refractivity contribution is 5.98. The SMILES string of the molecule is CCCOC(=O)/C(C#N)=C/c1cccn1Cc1cccc(Cn2cccc2/C=C(\C#N)C(=O)OCCC)c1. The first kappa shape index (κ1) is 27.8. The van der Waals surface area contributed by atoms with Gasteiger partial charge in [-0.3, -0.25) is 0 Å². The van der Waals surface area contributed by atoms with E-state index in [0.717, 1.165) is 22.5 Å². The molecule has 0 saturated heterocycles. The van der Waals surface area contributed by atoms with Gasteiger partial charge in [0.2, 0.25) is 0 Å². The van der Waals surface area contributed by atoms with Gasteiger partial charge in [-0.15, -0.1) is 0 Å². The summed E-state index contributed by atoms with van der Waals surface area (Å²) in [6.07, 6.45) is 8.23. The lowest BCUT2D eigenvalue weighted by molar-refractivity contribution is -0.139. The molecule has 3 aromatic rings. The molecule has 3 rings (SSSR count). The van der Waals surface area contributed by atoms with Gasteiger partial charge in [0.05, 0.1) is 13.2 Å². The van der Waals surface area contributed by atoms with Crippen LogP contribution in [-0.4, -0.2) is 34.3 Å². The highest BCUT2D eigenvalue weighted by atomic mass is 16.5. The maximum atomic E-state index is 12.2. The van der Waals surface area contributed by atoms with Crippen LogP contribution >= 0.6 is 0 Å². The van der Waals surface area contributed by atoms with Crippen LogP contribution in [0.3, 0.4) is 0 Å². The van der Waals surface area contributed by atoms with Gasteiger partial charge in [-0.25, -0.2) is 9.59 Å². The van der Waals surface area contributed by atoms with E-state index in [0.29, 0.717) is 25.9 Å². The van der Waals surface area contributed by atoms with Crippen molar-refractivity contribution in [2.24, 2.45) is 0 Å².